The van der Waals surface area contributed by atoms with E-state index in [1.165, 1.54) is 7.11 Å². The van der Waals surface area contributed by atoms with E-state index in [0.717, 1.165) is 11.8 Å². The predicted octanol–water partition coefficient (Wildman–Crippen LogP) is -0.700. The molecule has 1 fully saturated rings. The number of nitrogens with zero attached hydrogens (tertiary/aromatic N) is 1. The highest BCUT2D eigenvalue weighted by atomic mass is 32.2. The zero-order valence-corrected chi connectivity index (χ0v) is 17.5. The summed E-state index contributed by atoms with van der Waals surface area (Å²) in [5.74, 6) is -4.03. The molecule has 2 atom stereocenters. The maximum atomic E-state index is 12.6. The molecule has 0 radical (unpaired) electrons. The first-order valence-electron chi connectivity index (χ1n) is 8.60. The number of sulfone groups is 1. The van der Waals surface area contributed by atoms with Gasteiger partial charge in [-0.2, -0.15) is 0 Å². The summed E-state index contributed by atoms with van der Waals surface area (Å²) in [6, 6.07) is 0. The molecule has 12 heteroatoms. The molecule has 0 N–H and O–H groups in total. The topological polar surface area (TPSA) is 143 Å². The third kappa shape index (κ3) is 4.93. The molecule has 2 heterocycles. The third-order valence-electron chi connectivity index (χ3n) is 3.95. The van der Waals surface area contributed by atoms with Gasteiger partial charge in [-0.25, -0.2) is 18.0 Å². The predicted molar refractivity (Wildman–Crippen MR) is 95.7 cm³/mol. The van der Waals surface area contributed by atoms with E-state index in [-0.39, 0.29) is 11.3 Å². The number of esters is 3. The van der Waals surface area contributed by atoms with Gasteiger partial charge in [0.25, 0.3) is 5.91 Å². The molecule has 2 aliphatic rings. The van der Waals surface area contributed by atoms with Crippen molar-refractivity contribution in [1.82, 2.24) is 4.90 Å². The average Bonchev–Trinajstić information content (AvgIpc) is 2.56. The Bertz CT molecular complexity index is 867. The van der Waals surface area contributed by atoms with Gasteiger partial charge in [0.15, 0.2) is 27.9 Å². The summed E-state index contributed by atoms with van der Waals surface area (Å²) in [6.45, 7) is 4.73. The first kappa shape index (κ1) is 22.8. The summed E-state index contributed by atoms with van der Waals surface area (Å²) in [4.78, 5) is 48.6. The number of carbonyl (C=O) groups is 4. The van der Waals surface area contributed by atoms with E-state index >= 15 is 0 Å². The van der Waals surface area contributed by atoms with Gasteiger partial charge >= 0.3 is 17.9 Å². The first-order chi connectivity index (χ1) is 13.3. The van der Waals surface area contributed by atoms with Crippen LogP contribution in [0.5, 0.6) is 0 Å². The van der Waals surface area contributed by atoms with E-state index in [1.54, 1.807) is 20.8 Å². The smallest absolute Gasteiger partial charge is 0.355 e. The molecule has 1 saturated heterocycles. The minimum Gasteiger partial charge on any atom is -0.461 e. The number of methoxy groups -OCH3 is 1. The first-order valence-corrected chi connectivity index (χ1v) is 10.3. The lowest BCUT2D eigenvalue weighted by molar-refractivity contribution is -0.169. The van der Waals surface area contributed by atoms with Gasteiger partial charge in [-0.15, -0.1) is 0 Å². The summed E-state index contributed by atoms with van der Waals surface area (Å²) in [5, 5.41) is -1.40. The van der Waals surface area contributed by atoms with Crippen LogP contribution in [-0.2, 0) is 48.0 Å². The maximum absolute atomic E-state index is 12.6. The molecular weight excluding hydrogens is 410 g/mol. The number of carbonyl (C=O) groups excluding carboxylic acids is 4. The van der Waals surface area contributed by atoms with Crippen LogP contribution in [0.1, 0.15) is 27.7 Å². The number of amides is 1. The van der Waals surface area contributed by atoms with Crippen LogP contribution in [0.15, 0.2) is 11.3 Å². The van der Waals surface area contributed by atoms with Crippen molar-refractivity contribution >= 4 is 33.7 Å². The largest absolute Gasteiger partial charge is 0.461 e. The number of rotatable bonds is 6. The van der Waals surface area contributed by atoms with E-state index in [2.05, 4.69) is 0 Å². The van der Waals surface area contributed by atoms with E-state index in [9.17, 15) is 27.6 Å². The van der Waals surface area contributed by atoms with Crippen molar-refractivity contribution in [3.63, 3.8) is 0 Å². The fraction of sp³-hybridized carbons (Fsp3) is 0.647. The van der Waals surface area contributed by atoms with Gasteiger partial charge in [0.05, 0.1) is 5.75 Å². The lowest BCUT2D eigenvalue weighted by atomic mass is 10.1. The highest BCUT2D eigenvalue weighted by Gasteiger charge is 2.60. The highest BCUT2D eigenvalue weighted by Crippen LogP contribution is 2.38. The quantitative estimate of drug-likeness (QED) is 0.300. The second-order valence-electron chi connectivity index (χ2n) is 7.46. The molecule has 162 valence electrons. The molecule has 2 aliphatic heterocycles. The number of hydrogen-bond donors (Lipinski definition) is 0. The Morgan fingerprint density at radius 1 is 1.17 bits per heavy atom. The lowest BCUT2D eigenvalue weighted by Gasteiger charge is -2.48. The van der Waals surface area contributed by atoms with Gasteiger partial charge in [0.1, 0.15) is 17.9 Å². The molecular formula is C17H23NO10S. The number of β-lactam (4-membered cyclic amide) rings is 1. The van der Waals surface area contributed by atoms with Crippen molar-refractivity contribution in [2.45, 2.75) is 44.8 Å². The highest BCUT2D eigenvalue weighted by molar-refractivity contribution is 7.92. The number of hydrogen-bond acceptors (Lipinski definition) is 10. The SMILES string of the molecule is COC1C(=O)N2C(C(=O)OCC(=O)OC(C)(C)C)=C(COC(C)=O)CS(=O)(=O)C12. The van der Waals surface area contributed by atoms with Crippen LogP contribution < -0.4 is 0 Å². The molecule has 0 aliphatic carbocycles. The normalized spacial score (nSPS) is 23.1. The van der Waals surface area contributed by atoms with E-state index < -0.39 is 69.7 Å². The molecule has 0 aromatic rings. The molecule has 11 nitrogen and oxygen atoms in total. The molecule has 0 spiro atoms. The Hall–Kier alpha value is -2.47. The van der Waals surface area contributed by atoms with Crippen LogP contribution in [0.3, 0.4) is 0 Å². The Balaban J connectivity index is 2.31. The summed E-state index contributed by atoms with van der Waals surface area (Å²) < 4.78 is 44.7. The number of fused-ring (bicyclic) bond motifs is 1. The maximum Gasteiger partial charge on any atom is 0.355 e. The van der Waals surface area contributed by atoms with Crippen molar-refractivity contribution < 1.29 is 46.5 Å². The van der Waals surface area contributed by atoms with Gasteiger partial charge in [0.2, 0.25) is 0 Å². The fourth-order valence-electron chi connectivity index (χ4n) is 2.91. The summed E-state index contributed by atoms with van der Waals surface area (Å²) in [7, 11) is -2.73. The van der Waals surface area contributed by atoms with Crippen LogP contribution in [0.2, 0.25) is 0 Å². The molecule has 0 aromatic carbocycles. The standard InChI is InChI=1S/C17H23NO10S/c1-9(19)26-6-10-8-29(23,24)15-13(25-5)14(21)18(15)12(10)16(22)27-7-11(20)28-17(2,3)4/h13,15H,6-8H2,1-5H3. The minimum atomic E-state index is -3.91. The molecule has 2 rings (SSSR count). The molecule has 1 amide bonds. The Labute approximate surface area is 167 Å². The third-order valence-corrected chi connectivity index (χ3v) is 5.90. The number of ether oxygens (including phenoxy) is 4. The average molecular weight is 433 g/mol. The van der Waals surface area contributed by atoms with Crippen molar-refractivity contribution in [1.29, 1.82) is 0 Å². The zero-order valence-electron chi connectivity index (χ0n) is 16.7. The molecule has 0 aromatic heterocycles. The molecule has 0 bridgehead atoms. The van der Waals surface area contributed by atoms with Gasteiger partial charge in [-0.05, 0) is 20.8 Å². The van der Waals surface area contributed by atoms with E-state index in [4.69, 9.17) is 18.9 Å². The Morgan fingerprint density at radius 3 is 2.31 bits per heavy atom. The van der Waals surface area contributed by atoms with Gasteiger partial charge in [-0.1, -0.05) is 0 Å². The van der Waals surface area contributed by atoms with Crippen molar-refractivity contribution in [2.75, 3.05) is 26.1 Å². The monoisotopic (exact) mass is 433 g/mol. The summed E-state index contributed by atoms with van der Waals surface area (Å²) >= 11 is 0. The molecule has 2 unspecified atom stereocenters. The van der Waals surface area contributed by atoms with E-state index in [0.29, 0.717) is 0 Å². The van der Waals surface area contributed by atoms with Crippen LogP contribution in [0.25, 0.3) is 0 Å². The second-order valence-corrected chi connectivity index (χ2v) is 9.55. The van der Waals surface area contributed by atoms with Crippen molar-refractivity contribution in [3.8, 4) is 0 Å². The van der Waals surface area contributed by atoms with Gasteiger partial charge < -0.3 is 18.9 Å². The summed E-state index contributed by atoms with van der Waals surface area (Å²) in [6.07, 6.45) is -1.26. The van der Waals surface area contributed by atoms with Crippen molar-refractivity contribution in [3.05, 3.63) is 11.3 Å². The fourth-order valence-corrected chi connectivity index (χ4v) is 4.92. The van der Waals surface area contributed by atoms with Crippen LogP contribution in [0, 0.1) is 0 Å². The molecule has 29 heavy (non-hydrogen) atoms. The van der Waals surface area contributed by atoms with E-state index in [1.807, 2.05) is 0 Å². The van der Waals surface area contributed by atoms with Crippen LogP contribution in [-0.4, -0.2) is 80.3 Å². The minimum absolute atomic E-state index is 0.131. The van der Waals surface area contributed by atoms with Crippen LogP contribution >= 0.6 is 0 Å². The van der Waals surface area contributed by atoms with Crippen LogP contribution in [0.4, 0.5) is 0 Å². The summed E-state index contributed by atoms with van der Waals surface area (Å²) in [5.41, 5.74) is -1.31. The Kier molecular flexibility index (Phi) is 6.38. The second kappa shape index (κ2) is 8.11. The zero-order chi connectivity index (χ0) is 22.1. The van der Waals surface area contributed by atoms with Gasteiger partial charge in [-0.3, -0.25) is 14.5 Å². The van der Waals surface area contributed by atoms with Gasteiger partial charge in [0, 0.05) is 19.6 Å². The lowest BCUT2D eigenvalue weighted by Crippen LogP contribution is -2.70. The Morgan fingerprint density at radius 2 is 1.79 bits per heavy atom. The van der Waals surface area contributed by atoms with Crippen molar-refractivity contribution in [2.24, 2.45) is 0 Å². The molecule has 0 saturated carbocycles.